The first-order valence-electron chi connectivity index (χ1n) is 8.02. The summed E-state index contributed by atoms with van der Waals surface area (Å²) in [7, 11) is 2.18. The van der Waals surface area contributed by atoms with Gasteiger partial charge in [-0.2, -0.15) is 0 Å². The van der Waals surface area contributed by atoms with Gasteiger partial charge < -0.3 is 16.0 Å². The van der Waals surface area contributed by atoms with Gasteiger partial charge in [-0.15, -0.1) is 0 Å². The topological polar surface area (TPSA) is 58.4 Å². The third-order valence-electron chi connectivity index (χ3n) is 4.72. The fraction of sp³-hybridized carbons (Fsp3) is 0.938. The van der Waals surface area contributed by atoms with Crippen LogP contribution in [-0.4, -0.2) is 42.0 Å². The number of nitrogens with two attached hydrogens (primary N) is 1. The minimum Gasteiger partial charge on any atom is -0.368 e. The first kappa shape index (κ1) is 17.4. The summed E-state index contributed by atoms with van der Waals surface area (Å²) >= 11 is 0. The smallest absolute Gasteiger partial charge is 0.237 e. The molecule has 0 bridgehead atoms. The highest BCUT2D eigenvalue weighted by molar-refractivity contribution is 5.84. The van der Waals surface area contributed by atoms with E-state index in [1.807, 2.05) is 20.8 Å². The minimum atomic E-state index is -0.607. The number of primary amides is 1. The number of rotatable bonds is 7. The lowest BCUT2D eigenvalue weighted by atomic mass is 9.86. The fourth-order valence-electron chi connectivity index (χ4n) is 3.17. The minimum absolute atomic E-state index is 0.253. The van der Waals surface area contributed by atoms with Gasteiger partial charge in [0.1, 0.15) is 0 Å². The van der Waals surface area contributed by atoms with Crippen LogP contribution in [0.5, 0.6) is 0 Å². The van der Waals surface area contributed by atoms with E-state index in [0.29, 0.717) is 6.04 Å². The quantitative estimate of drug-likeness (QED) is 0.752. The van der Waals surface area contributed by atoms with Crippen molar-refractivity contribution in [1.82, 2.24) is 10.2 Å². The molecule has 1 fully saturated rings. The molecule has 0 aromatic carbocycles. The van der Waals surface area contributed by atoms with Crippen molar-refractivity contribution in [3.05, 3.63) is 0 Å². The molecule has 0 heterocycles. The first-order valence-corrected chi connectivity index (χ1v) is 8.02. The molecule has 0 aliphatic heterocycles. The monoisotopic (exact) mass is 283 g/mol. The number of nitrogens with one attached hydrogen (secondary N) is 1. The van der Waals surface area contributed by atoms with Crippen molar-refractivity contribution in [2.45, 2.75) is 77.4 Å². The lowest BCUT2D eigenvalue weighted by molar-refractivity contribution is -0.124. The van der Waals surface area contributed by atoms with E-state index in [2.05, 4.69) is 24.2 Å². The maximum atomic E-state index is 11.7. The zero-order valence-corrected chi connectivity index (χ0v) is 13.9. The summed E-state index contributed by atoms with van der Waals surface area (Å²) in [5.41, 5.74) is 4.98. The normalized spacial score (nSPS) is 26.8. The summed E-state index contributed by atoms with van der Waals surface area (Å²) in [4.78, 5) is 14.1. The molecule has 4 heteroatoms. The number of hydrogen-bond acceptors (Lipinski definition) is 3. The summed E-state index contributed by atoms with van der Waals surface area (Å²) in [6.45, 7) is 9.28. The van der Waals surface area contributed by atoms with Gasteiger partial charge in [0.2, 0.25) is 5.91 Å². The fourth-order valence-corrected chi connectivity index (χ4v) is 3.17. The average Bonchev–Trinajstić information content (AvgIpc) is 2.36. The zero-order chi connectivity index (χ0) is 15.3. The first-order chi connectivity index (χ1) is 9.24. The van der Waals surface area contributed by atoms with Crippen molar-refractivity contribution >= 4 is 5.91 Å². The van der Waals surface area contributed by atoms with E-state index in [1.165, 1.54) is 25.7 Å². The Bertz CT molecular complexity index is 311. The van der Waals surface area contributed by atoms with Crippen LogP contribution in [0.3, 0.4) is 0 Å². The van der Waals surface area contributed by atoms with Gasteiger partial charge in [-0.05, 0) is 65.8 Å². The summed E-state index contributed by atoms with van der Waals surface area (Å²) in [5, 5.41) is 3.32. The number of carbonyl (C=O) groups is 1. The molecule has 0 spiro atoms. The zero-order valence-electron chi connectivity index (χ0n) is 13.9. The summed E-state index contributed by atoms with van der Waals surface area (Å²) < 4.78 is 0. The number of amides is 1. The largest absolute Gasteiger partial charge is 0.368 e. The average molecular weight is 283 g/mol. The Morgan fingerprint density at radius 1 is 1.35 bits per heavy atom. The maximum Gasteiger partial charge on any atom is 0.237 e. The van der Waals surface area contributed by atoms with E-state index in [4.69, 9.17) is 5.73 Å². The van der Waals surface area contributed by atoms with Crippen LogP contribution in [0.15, 0.2) is 0 Å². The Labute approximate surface area is 124 Å². The second-order valence-corrected chi connectivity index (χ2v) is 7.14. The number of hydrogen-bond donors (Lipinski definition) is 2. The van der Waals surface area contributed by atoms with Crippen LogP contribution in [0.1, 0.15) is 59.8 Å². The van der Waals surface area contributed by atoms with E-state index >= 15 is 0 Å². The summed E-state index contributed by atoms with van der Waals surface area (Å²) in [6, 6.07) is 0.927. The molecule has 1 unspecified atom stereocenters. The molecule has 0 saturated heterocycles. The van der Waals surface area contributed by atoms with Crippen LogP contribution in [-0.2, 0) is 4.79 Å². The molecule has 1 amide bonds. The Balaban J connectivity index is 2.48. The maximum absolute atomic E-state index is 11.7. The second-order valence-electron chi connectivity index (χ2n) is 7.14. The van der Waals surface area contributed by atoms with Crippen LogP contribution in [0.25, 0.3) is 0 Å². The Morgan fingerprint density at radius 2 is 1.90 bits per heavy atom. The van der Waals surface area contributed by atoms with E-state index in [1.54, 1.807) is 0 Å². The van der Waals surface area contributed by atoms with Gasteiger partial charge in [0.05, 0.1) is 5.54 Å². The highest BCUT2D eigenvalue weighted by atomic mass is 16.1. The summed E-state index contributed by atoms with van der Waals surface area (Å²) in [5.74, 6) is 0.620. The van der Waals surface area contributed by atoms with Gasteiger partial charge in [-0.3, -0.25) is 4.79 Å². The van der Waals surface area contributed by atoms with Crippen molar-refractivity contribution in [1.29, 1.82) is 0 Å². The molecule has 4 nitrogen and oxygen atoms in total. The van der Waals surface area contributed by atoms with Crippen molar-refractivity contribution in [3.63, 3.8) is 0 Å². The second kappa shape index (κ2) is 7.41. The molecule has 3 N–H and O–H groups in total. The van der Waals surface area contributed by atoms with Crippen LogP contribution >= 0.6 is 0 Å². The van der Waals surface area contributed by atoms with Crippen LogP contribution in [0.2, 0.25) is 0 Å². The molecule has 1 atom stereocenters. The molecule has 0 radical (unpaired) electrons. The summed E-state index contributed by atoms with van der Waals surface area (Å²) in [6.07, 6.45) is 5.98. The molecule has 118 valence electrons. The van der Waals surface area contributed by atoms with Gasteiger partial charge in [-0.1, -0.05) is 6.92 Å². The third kappa shape index (κ3) is 5.06. The Morgan fingerprint density at radius 3 is 2.35 bits per heavy atom. The molecule has 20 heavy (non-hydrogen) atoms. The molecule has 1 aliphatic rings. The predicted octanol–water partition coefficient (Wildman–Crippen LogP) is 2.13. The van der Waals surface area contributed by atoms with Gasteiger partial charge in [0.25, 0.3) is 0 Å². The van der Waals surface area contributed by atoms with Crippen molar-refractivity contribution in [2.24, 2.45) is 11.7 Å². The molecule has 0 aromatic heterocycles. The molecular formula is C16H33N3O. The van der Waals surface area contributed by atoms with E-state index in [-0.39, 0.29) is 11.9 Å². The third-order valence-corrected chi connectivity index (χ3v) is 4.72. The van der Waals surface area contributed by atoms with Gasteiger partial charge in [0, 0.05) is 18.6 Å². The van der Waals surface area contributed by atoms with Crippen molar-refractivity contribution in [3.8, 4) is 0 Å². The number of carbonyl (C=O) groups excluding carboxylic acids is 1. The lowest BCUT2D eigenvalue weighted by Crippen LogP contribution is -2.57. The van der Waals surface area contributed by atoms with Gasteiger partial charge in [0.15, 0.2) is 0 Å². The van der Waals surface area contributed by atoms with Gasteiger partial charge in [-0.25, -0.2) is 0 Å². The lowest BCUT2D eigenvalue weighted by Gasteiger charge is -2.36. The van der Waals surface area contributed by atoms with Crippen LogP contribution < -0.4 is 11.1 Å². The van der Waals surface area contributed by atoms with Crippen LogP contribution in [0.4, 0.5) is 0 Å². The van der Waals surface area contributed by atoms with E-state index in [9.17, 15) is 4.79 Å². The highest BCUT2D eigenvalue weighted by Gasteiger charge is 2.32. The molecule has 1 rings (SSSR count). The van der Waals surface area contributed by atoms with Gasteiger partial charge >= 0.3 is 0 Å². The Kier molecular flexibility index (Phi) is 6.46. The van der Waals surface area contributed by atoms with Crippen molar-refractivity contribution < 1.29 is 4.79 Å². The van der Waals surface area contributed by atoms with E-state index in [0.717, 1.165) is 18.9 Å². The van der Waals surface area contributed by atoms with Crippen LogP contribution in [0, 0.1) is 5.92 Å². The molecular weight excluding hydrogens is 250 g/mol. The molecule has 0 aromatic rings. The Hall–Kier alpha value is -0.610. The standard InChI is InChI=1S/C16H33N3O/c1-12(2)18-16(4,15(17)20)10-11-19(5)14-8-6-13(3)7-9-14/h12-14,18H,6-11H2,1-5H3,(H2,17,20). The SMILES string of the molecule is CC1CCC(N(C)CCC(C)(NC(C)C)C(N)=O)CC1. The predicted molar refractivity (Wildman–Crippen MR) is 84.5 cm³/mol. The molecule has 1 aliphatic carbocycles. The van der Waals surface area contributed by atoms with Crippen molar-refractivity contribution in [2.75, 3.05) is 13.6 Å². The molecule has 1 saturated carbocycles. The highest BCUT2D eigenvalue weighted by Crippen LogP contribution is 2.27. The number of nitrogens with zero attached hydrogens (tertiary/aromatic N) is 1. The van der Waals surface area contributed by atoms with E-state index < -0.39 is 5.54 Å².